The van der Waals surface area contributed by atoms with Crippen molar-refractivity contribution < 1.29 is 0 Å². The Morgan fingerprint density at radius 1 is 0.889 bits per heavy atom. The number of nitrogens with zero attached hydrogens (tertiary/aromatic N) is 2. The quantitative estimate of drug-likeness (QED) is 0.490. The van der Waals surface area contributed by atoms with Gasteiger partial charge in [0.05, 0.1) is 11.4 Å². The summed E-state index contributed by atoms with van der Waals surface area (Å²) < 4.78 is 1.02. The summed E-state index contributed by atoms with van der Waals surface area (Å²) in [7, 11) is 0. The highest BCUT2D eigenvalue weighted by molar-refractivity contribution is 9.10. The molecule has 0 spiro atoms. The Morgan fingerprint density at radius 2 is 1.56 bits per heavy atom. The van der Waals surface area contributed by atoms with Crippen molar-refractivity contribution in [2.24, 2.45) is 0 Å². The van der Waals surface area contributed by atoms with Gasteiger partial charge in [-0.3, -0.25) is 0 Å². The standard InChI is InChI=1S/C23H26BrN3/c1-13(2)18-7-8-20(19(24)12-18)26-23-25-17(6)11-21(27-23)22-15(4)9-14(3)10-16(22)5/h7-13H,1-6H3,(H,25,26,27). The largest absolute Gasteiger partial charge is 0.323 e. The summed E-state index contributed by atoms with van der Waals surface area (Å²) >= 11 is 3.67. The van der Waals surface area contributed by atoms with Crippen LogP contribution in [0.2, 0.25) is 0 Å². The van der Waals surface area contributed by atoms with Gasteiger partial charge in [0.2, 0.25) is 5.95 Å². The van der Waals surface area contributed by atoms with Crippen molar-refractivity contribution in [3.63, 3.8) is 0 Å². The number of nitrogens with one attached hydrogen (secondary N) is 1. The summed E-state index contributed by atoms with van der Waals surface area (Å²) in [5, 5.41) is 3.37. The van der Waals surface area contributed by atoms with Crippen LogP contribution < -0.4 is 5.32 Å². The lowest BCUT2D eigenvalue weighted by Crippen LogP contribution is -2.02. The third kappa shape index (κ3) is 4.38. The van der Waals surface area contributed by atoms with E-state index in [0.29, 0.717) is 11.9 Å². The Balaban J connectivity index is 2.00. The number of halogens is 1. The molecule has 140 valence electrons. The van der Waals surface area contributed by atoms with E-state index in [2.05, 4.69) is 91.2 Å². The second-order valence-corrected chi connectivity index (χ2v) is 8.37. The van der Waals surface area contributed by atoms with Crippen LogP contribution in [-0.4, -0.2) is 9.97 Å². The number of hydrogen-bond acceptors (Lipinski definition) is 3. The topological polar surface area (TPSA) is 37.8 Å². The molecule has 1 aromatic heterocycles. The fourth-order valence-corrected chi connectivity index (χ4v) is 3.94. The molecule has 1 heterocycles. The maximum atomic E-state index is 4.81. The Labute approximate surface area is 170 Å². The first-order valence-electron chi connectivity index (χ1n) is 9.25. The van der Waals surface area contributed by atoms with Crippen molar-refractivity contribution >= 4 is 27.6 Å². The van der Waals surface area contributed by atoms with Crippen molar-refractivity contribution in [1.82, 2.24) is 9.97 Å². The lowest BCUT2D eigenvalue weighted by molar-refractivity contribution is 0.866. The van der Waals surface area contributed by atoms with E-state index < -0.39 is 0 Å². The third-order valence-corrected chi connectivity index (χ3v) is 5.35. The first kappa shape index (κ1) is 19.6. The summed E-state index contributed by atoms with van der Waals surface area (Å²) in [5.41, 5.74) is 9.08. The molecule has 4 heteroatoms. The average molecular weight is 424 g/mol. The minimum Gasteiger partial charge on any atom is -0.323 e. The van der Waals surface area contributed by atoms with E-state index in [1.54, 1.807) is 0 Å². The van der Waals surface area contributed by atoms with Gasteiger partial charge in [-0.15, -0.1) is 0 Å². The third-order valence-electron chi connectivity index (χ3n) is 4.69. The van der Waals surface area contributed by atoms with E-state index in [0.717, 1.165) is 21.5 Å². The molecular formula is C23H26BrN3. The summed E-state index contributed by atoms with van der Waals surface area (Å²) in [6.45, 7) is 12.8. The molecule has 0 aliphatic rings. The molecule has 0 saturated heterocycles. The first-order valence-corrected chi connectivity index (χ1v) is 10.0. The minimum absolute atomic E-state index is 0.490. The zero-order valence-corrected chi connectivity index (χ0v) is 18.4. The van der Waals surface area contributed by atoms with Gasteiger partial charge in [-0.1, -0.05) is 37.6 Å². The van der Waals surface area contributed by atoms with E-state index in [1.807, 2.05) is 13.0 Å². The molecule has 0 amide bonds. The maximum absolute atomic E-state index is 4.81. The molecule has 0 aliphatic carbocycles. The maximum Gasteiger partial charge on any atom is 0.228 e. The van der Waals surface area contributed by atoms with Crippen molar-refractivity contribution in [3.8, 4) is 11.3 Å². The van der Waals surface area contributed by atoms with E-state index in [4.69, 9.17) is 4.98 Å². The van der Waals surface area contributed by atoms with E-state index in [-0.39, 0.29) is 0 Å². The Morgan fingerprint density at radius 3 is 2.15 bits per heavy atom. The fraction of sp³-hybridized carbons (Fsp3) is 0.304. The highest BCUT2D eigenvalue weighted by Gasteiger charge is 2.12. The summed E-state index contributed by atoms with van der Waals surface area (Å²) in [6, 6.07) is 12.8. The van der Waals surface area contributed by atoms with Crippen LogP contribution in [0.15, 0.2) is 40.9 Å². The normalized spacial score (nSPS) is 11.1. The molecule has 0 saturated carbocycles. The van der Waals surface area contributed by atoms with Crippen LogP contribution in [0, 0.1) is 27.7 Å². The van der Waals surface area contributed by atoms with Crippen LogP contribution in [0.4, 0.5) is 11.6 Å². The number of anilines is 2. The zero-order valence-electron chi connectivity index (χ0n) is 16.8. The molecule has 1 N–H and O–H groups in total. The minimum atomic E-state index is 0.490. The Kier molecular flexibility index (Phi) is 5.66. The highest BCUT2D eigenvalue weighted by Crippen LogP contribution is 2.31. The van der Waals surface area contributed by atoms with Crippen LogP contribution in [-0.2, 0) is 0 Å². The molecule has 0 bridgehead atoms. The van der Waals surface area contributed by atoms with E-state index in [9.17, 15) is 0 Å². The SMILES string of the molecule is Cc1cc(C)c(-c2cc(C)nc(Nc3ccc(C(C)C)cc3Br)n2)c(C)c1. The molecule has 2 aromatic carbocycles. The van der Waals surface area contributed by atoms with Crippen molar-refractivity contribution in [2.75, 3.05) is 5.32 Å². The number of hydrogen-bond donors (Lipinski definition) is 1. The lowest BCUT2D eigenvalue weighted by atomic mass is 9.97. The molecule has 0 aliphatic heterocycles. The molecule has 0 fully saturated rings. The molecule has 3 aromatic rings. The second kappa shape index (κ2) is 7.81. The molecule has 3 nitrogen and oxygen atoms in total. The molecule has 3 rings (SSSR count). The van der Waals surface area contributed by atoms with Gasteiger partial charge in [0, 0.05) is 15.7 Å². The molecule has 0 radical (unpaired) electrons. The lowest BCUT2D eigenvalue weighted by Gasteiger charge is -2.14. The van der Waals surface area contributed by atoms with Gasteiger partial charge < -0.3 is 5.32 Å². The van der Waals surface area contributed by atoms with Crippen molar-refractivity contribution in [3.05, 3.63) is 68.8 Å². The summed E-state index contributed by atoms with van der Waals surface area (Å²) in [4.78, 5) is 9.39. The first-order chi connectivity index (χ1) is 12.7. The van der Waals surface area contributed by atoms with Gasteiger partial charge in [0.15, 0.2) is 0 Å². The highest BCUT2D eigenvalue weighted by atomic mass is 79.9. The molecule has 0 atom stereocenters. The van der Waals surface area contributed by atoms with Gasteiger partial charge in [0.25, 0.3) is 0 Å². The molecular weight excluding hydrogens is 398 g/mol. The van der Waals surface area contributed by atoms with Crippen molar-refractivity contribution in [1.29, 1.82) is 0 Å². The second-order valence-electron chi connectivity index (χ2n) is 7.51. The van der Waals surface area contributed by atoms with Crippen LogP contribution in [0.25, 0.3) is 11.3 Å². The Bertz CT molecular complexity index is 970. The number of rotatable bonds is 4. The number of benzene rings is 2. The predicted molar refractivity (Wildman–Crippen MR) is 118 cm³/mol. The number of aromatic nitrogens is 2. The monoisotopic (exact) mass is 423 g/mol. The fourth-order valence-electron chi connectivity index (χ4n) is 3.45. The summed E-state index contributed by atoms with van der Waals surface area (Å²) in [6.07, 6.45) is 0. The van der Waals surface area contributed by atoms with Crippen LogP contribution in [0.3, 0.4) is 0 Å². The van der Waals surface area contributed by atoms with Crippen LogP contribution in [0.1, 0.15) is 47.7 Å². The number of aryl methyl sites for hydroxylation is 4. The molecule has 27 heavy (non-hydrogen) atoms. The average Bonchev–Trinajstić information content (AvgIpc) is 2.55. The van der Waals surface area contributed by atoms with Gasteiger partial charge in [-0.2, -0.15) is 0 Å². The molecule has 0 unspecified atom stereocenters. The van der Waals surface area contributed by atoms with E-state index in [1.165, 1.54) is 27.8 Å². The summed E-state index contributed by atoms with van der Waals surface area (Å²) in [5.74, 6) is 1.10. The van der Waals surface area contributed by atoms with Crippen LogP contribution in [0.5, 0.6) is 0 Å². The van der Waals surface area contributed by atoms with Gasteiger partial charge in [0.1, 0.15) is 0 Å². The van der Waals surface area contributed by atoms with Gasteiger partial charge in [-0.05, 0) is 84.4 Å². The van der Waals surface area contributed by atoms with Crippen LogP contribution >= 0.6 is 15.9 Å². The smallest absolute Gasteiger partial charge is 0.228 e. The Hall–Kier alpha value is -2.20. The van der Waals surface area contributed by atoms with E-state index >= 15 is 0 Å². The zero-order chi connectivity index (χ0) is 19.7. The van der Waals surface area contributed by atoms with Gasteiger partial charge in [-0.25, -0.2) is 9.97 Å². The van der Waals surface area contributed by atoms with Crippen molar-refractivity contribution in [2.45, 2.75) is 47.5 Å². The predicted octanol–water partition coefficient (Wildman–Crippen LogP) is 7.01. The van der Waals surface area contributed by atoms with Gasteiger partial charge >= 0.3 is 0 Å².